The maximum atomic E-state index is 7.27. The van der Waals surface area contributed by atoms with Crippen LogP contribution in [0.2, 0.25) is 0 Å². The lowest BCUT2D eigenvalue weighted by molar-refractivity contribution is -0.221. The van der Waals surface area contributed by atoms with Gasteiger partial charge in [-0.3, -0.25) is 0 Å². The second-order valence-electron chi connectivity index (χ2n) is 15.6. The van der Waals surface area contributed by atoms with Gasteiger partial charge in [0.05, 0.1) is 0 Å². The predicted octanol–water partition coefficient (Wildman–Crippen LogP) is 8.63. The van der Waals surface area contributed by atoms with Crippen LogP contribution in [0.1, 0.15) is 120 Å². The number of hydrogen-bond acceptors (Lipinski definition) is 1. The summed E-state index contributed by atoms with van der Waals surface area (Å²) in [6, 6.07) is 0. The van der Waals surface area contributed by atoms with Crippen LogP contribution in [-0.2, 0) is 0 Å². The van der Waals surface area contributed by atoms with Crippen LogP contribution in [-0.4, -0.2) is 5.54 Å². The fourth-order valence-electron chi connectivity index (χ4n) is 12.1. The van der Waals surface area contributed by atoms with E-state index < -0.39 is 0 Å². The zero-order chi connectivity index (χ0) is 24.2. The third-order valence-electron chi connectivity index (χ3n) is 13.7. The quantitative estimate of drug-likeness (QED) is 0.416. The van der Waals surface area contributed by atoms with Crippen LogP contribution in [0.4, 0.5) is 0 Å². The Morgan fingerprint density at radius 2 is 1.48 bits per heavy atom. The van der Waals surface area contributed by atoms with E-state index in [0.29, 0.717) is 27.6 Å². The fraction of sp³-hybridized carbons (Fsp3) is 0.938. The lowest BCUT2D eigenvalue weighted by atomic mass is 9.33. The Morgan fingerprint density at radius 1 is 0.788 bits per heavy atom. The summed E-state index contributed by atoms with van der Waals surface area (Å²) in [7, 11) is 0. The van der Waals surface area contributed by atoms with E-state index in [1.165, 1.54) is 57.8 Å². The van der Waals surface area contributed by atoms with Gasteiger partial charge in [-0.15, -0.1) is 0 Å². The van der Waals surface area contributed by atoms with Gasteiger partial charge in [-0.05, 0) is 121 Å². The van der Waals surface area contributed by atoms with E-state index in [1.54, 1.807) is 5.57 Å². The van der Waals surface area contributed by atoms with Crippen molar-refractivity contribution >= 4 is 0 Å². The highest BCUT2D eigenvalue weighted by Crippen LogP contribution is 2.76. The van der Waals surface area contributed by atoms with Crippen molar-refractivity contribution in [3.05, 3.63) is 11.6 Å². The van der Waals surface area contributed by atoms with Gasteiger partial charge in [0, 0.05) is 5.54 Å². The molecule has 33 heavy (non-hydrogen) atoms. The van der Waals surface area contributed by atoms with Crippen molar-refractivity contribution < 1.29 is 0 Å². The number of fused-ring (bicyclic) bond motifs is 7. The van der Waals surface area contributed by atoms with Crippen molar-refractivity contribution in [3.8, 4) is 0 Å². The minimum atomic E-state index is 0.130. The van der Waals surface area contributed by atoms with Gasteiger partial charge in [-0.2, -0.15) is 0 Å². The molecule has 0 aromatic carbocycles. The molecule has 188 valence electrons. The lowest BCUT2D eigenvalue weighted by Crippen LogP contribution is -2.67. The number of nitrogens with two attached hydrogens (primary N) is 1. The van der Waals surface area contributed by atoms with Gasteiger partial charge in [-0.1, -0.05) is 74.0 Å². The molecule has 0 aromatic heterocycles. The van der Waals surface area contributed by atoms with Gasteiger partial charge in [0.2, 0.25) is 0 Å². The predicted molar refractivity (Wildman–Crippen MR) is 142 cm³/mol. The first-order chi connectivity index (χ1) is 15.2. The van der Waals surface area contributed by atoms with Crippen molar-refractivity contribution in [1.82, 2.24) is 0 Å². The molecule has 0 unspecified atom stereocenters. The van der Waals surface area contributed by atoms with Gasteiger partial charge < -0.3 is 5.73 Å². The second-order valence-corrected chi connectivity index (χ2v) is 15.6. The summed E-state index contributed by atoms with van der Waals surface area (Å²) in [6.07, 6.45) is 15.1. The number of allylic oxidation sites excluding steroid dienone is 2. The van der Waals surface area contributed by atoms with Crippen LogP contribution in [0.25, 0.3) is 0 Å². The Bertz CT molecular complexity index is 820. The second kappa shape index (κ2) is 7.36. The molecule has 4 saturated carbocycles. The molecule has 0 spiro atoms. The molecule has 2 N–H and O–H groups in total. The summed E-state index contributed by atoms with van der Waals surface area (Å²) in [5, 5.41) is 0. The van der Waals surface area contributed by atoms with Crippen LogP contribution in [0.3, 0.4) is 0 Å². The molecule has 0 aromatic rings. The molecule has 1 nitrogen and oxygen atoms in total. The lowest BCUT2D eigenvalue weighted by Gasteiger charge is -2.72. The van der Waals surface area contributed by atoms with E-state index in [9.17, 15) is 0 Å². The Labute approximate surface area is 206 Å². The molecule has 0 radical (unpaired) electrons. The van der Waals surface area contributed by atoms with Crippen LogP contribution in [0, 0.1) is 63.1 Å². The van der Waals surface area contributed by atoms with E-state index >= 15 is 0 Å². The molecule has 0 heterocycles. The molecule has 9 atom stereocenters. The largest absolute Gasteiger partial charge is 0.325 e. The van der Waals surface area contributed by atoms with Crippen LogP contribution in [0.5, 0.6) is 0 Å². The normalized spacial score (nSPS) is 53.2. The maximum Gasteiger partial charge on any atom is 0.0188 e. The Morgan fingerprint density at radius 3 is 2.12 bits per heavy atom. The molecule has 4 fully saturated rings. The summed E-state index contributed by atoms with van der Waals surface area (Å²) in [4.78, 5) is 0. The third-order valence-corrected chi connectivity index (χ3v) is 13.7. The number of hydrogen-bond donors (Lipinski definition) is 1. The molecule has 5 rings (SSSR count). The van der Waals surface area contributed by atoms with Gasteiger partial charge in [0.1, 0.15) is 0 Å². The van der Waals surface area contributed by atoms with Crippen LogP contribution >= 0.6 is 0 Å². The highest BCUT2D eigenvalue weighted by atomic mass is 14.9. The molecular weight excluding hydrogens is 398 g/mol. The standard InChI is InChI=1S/C32H55N/c1-20(2)22-12-17-32(33)19-18-30(8)24(27(22)32)10-11-26-29(7)15-13-23(21(3)4)28(5,6)25(29)14-16-31(26,30)9/h13,20-22,24-27H,10-12,14-19,33H2,1-9H3/t22-,24+,25-,26+,27+,29-,30+,31+,32-/m0/s1. The molecular formula is C32H55N. The smallest absolute Gasteiger partial charge is 0.0188 e. The molecule has 0 bridgehead atoms. The minimum Gasteiger partial charge on any atom is -0.325 e. The molecule has 0 amide bonds. The first kappa shape index (κ1) is 24.4. The highest BCUT2D eigenvalue weighted by molar-refractivity contribution is 5.27. The van der Waals surface area contributed by atoms with Gasteiger partial charge in [-0.25, -0.2) is 0 Å². The average molecular weight is 454 g/mol. The van der Waals surface area contributed by atoms with Crippen LogP contribution in [0.15, 0.2) is 11.6 Å². The maximum absolute atomic E-state index is 7.27. The van der Waals surface area contributed by atoms with Gasteiger partial charge >= 0.3 is 0 Å². The van der Waals surface area contributed by atoms with E-state index in [4.69, 9.17) is 5.73 Å². The molecule has 0 saturated heterocycles. The summed E-state index contributed by atoms with van der Waals surface area (Å²) in [6.45, 7) is 23.2. The topological polar surface area (TPSA) is 26.0 Å². The fourth-order valence-corrected chi connectivity index (χ4v) is 12.1. The first-order valence-corrected chi connectivity index (χ1v) is 14.7. The first-order valence-electron chi connectivity index (χ1n) is 14.7. The zero-order valence-electron chi connectivity index (χ0n) is 23.6. The number of rotatable bonds is 2. The van der Waals surface area contributed by atoms with Crippen molar-refractivity contribution in [2.24, 2.45) is 68.8 Å². The minimum absolute atomic E-state index is 0.130. The Hall–Kier alpha value is -0.300. The molecule has 1 heteroatoms. The van der Waals surface area contributed by atoms with Crippen molar-refractivity contribution in [1.29, 1.82) is 0 Å². The third kappa shape index (κ3) is 2.99. The highest BCUT2D eigenvalue weighted by Gasteiger charge is 2.70. The molecule has 5 aliphatic carbocycles. The zero-order valence-corrected chi connectivity index (χ0v) is 23.6. The van der Waals surface area contributed by atoms with Crippen molar-refractivity contribution in [2.75, 3.05) is 0 Å². The summed E-state index contributed by atoms with van der Waals surface area (Å²) < 4.78 is 0. The summed E-state index contributed by atoms with van der Waals surface area (Å²) in [5.74, 6) is 5.59. The summed E-state index contributed by atoms with van der Waals surface area (Å²) >= 11 is 0. The monoisotopic (exact) mass is 453 g/mol. The van der Waals surface area contributed by atoms with Crippen molar-refractivity contribution in [2.45, 2.75) is 126 Å². The van der Waals surface area contributed by atoms with E-state index in [1.807, 2.05) is 0 Å². The Balaban J connectivity index is 1.54. The SMILES string of the molecule is CC(C)C1=CC[C@]2(C)[C@H]3CC[C@@H]4[C@H]5[C@H](C(C)C)CC[C@]5(N)CC[C@@]4(C)[C@]3(C)CC[C@H]2C1(C)C. The Kier molecular flexibility index (Phi) is 5.44. The summed E-state index contributed by atoms with van der Waals surface area (Å²) in [5.41, 5.74) is 10.9. The van der Waals surface area contributed by atoms with Crippen LogP contribution < -0.4 is 5.73 Å². The van der Waals surface area contributed by atoms with Crippen molar-refractivity contribution in [3.63, 3.8) is 0 Å². The van der Waals surface area contributed by atoms with E-state index in [0.717, 1.165) is 35.5 Å². The molecule has 0 aliphatic heterocycles. The average Bonchev–Trinajstić information content (AvgIpc) is 3.05. The van der Waals surface area contributed by atoms with E-state index in [2.05, 4.69) is 68.4 Å². The molecule has 5 aliphatic rings. The van der Waals surface area contributed by atoms with Gasteiger partial charge in [0.15, 0.2) is 0 Å². The van der Waals surface area contributed by atoms with E-state index in [-0.39, 0.29) is 5.54 Å². The van der Waals surface area contributed by atoms with Gasteiger partial charge in [0.25, 0.3) is 0 Å².